The van der Waals surface area contributed by atoms with E-state index in [1.165, 1.54) is 42.4 Å². The highest BCUT2D eigenvalue weighted by Crippen LogP contribution is 2.36. The van der Waals surface area contributed by atoms with Gasteiger partial charge in [-0.25, -0.2) is 9.97 Å². The Balaban J connectivity index is 1.12. The lowest BCUT2D eigenvalue weighted by Gasteiger charge is -2.11. The van der Waals surface area contributed by atoms with E-state index in [4.69, 9.17) is 9.97 Å². The lowest BCUT2D eigenvalue weighted by molar-refractivity contribution is 1.18. The van der Waals surface area contributed by atoms with Gasteiger partial charge >= 0.3 is 0 Å². The van der Waals surface area contributed by atoms with Gasteiger partial charge in [0.25, 0.3) is 0 Å². The quantitative estimate of drug-likeness (QED) is 0.181. The van der Waals surface area contributed by atoms with E-state index in [0.29, 0.717) is 5.82 Å². The van der Waals surface area contributed by atoms with Gasteiger partial charge in [0.05, 0.1) is 11.4 Å². The van der Waals surface area contributed by atoms with Crippen LogP contribution in [0.2, 0.25) is 0 Å². The van der Waals surface area contributed by atoms with Gasteiger partial charge in [-0.1, -0.05) is 127 Å². The summed E-state index contributed by atoms with van der Waals surface area (Å²) in [5.41, 5.74) is 10.7. The SMILES string of the molecule is c1ccc(-c2ccc3cc(-c4cc(-c5ccc(-c6cc7ccccc7s6)cc5)nc(-c5ccc(-c6cccnc6)cc5)n4)ccc3c2)cc1. The molecule has 9 aromatic rings. The predicted octanol–water partition coefficient (Wildman–Crippen LogP) is 12.2. The van der Waals surface area contributed by atoms with Crippen LogP contribution >= 0.6 is 11.3 Å². The molecular formula is C45H29N3S. The van der Waals surface area contributed by atoms with E-state index < -0.39 is 0 Å². The number of benzene rings is 6. The van der Waals surface area contributed by atoms with Gasteiger partial charge in [-0.3, -0.25) is 4.98 Å². The van der Waals surface area contributed by atoms with E-state index in [1.807, 2.05) is 23.6 Å². The van der Waals surface area contributed by atoms with Crippen LogP contribution in [0.3, 0.4) is 0 Å². The minimum atomic E-state index is 0.693. The Labute approximate surface area is 288 Å². The summed E-state index contributed by atoms with van der Waals surface area (Å²) in [6.45, 7) is 0. The highest BCUT2D eigenvalue weighted by atomic mass is 32.1. The number of aromatic nitrogens is 3. The van der Waals surface area contributed by atoms with Crippen LogP contribution < -0.4 is 0 Å². The maximum Gasteiger partial charge on any atom is 0.160 e. The number of fused-ring (bicyclic) bond motifs is 2. The molecule has 0 radical (unpaired) electrons. The summed E-state index contributed by atoms with van der Waals surface area (Å²) in [5.74, 6) is 0.693. The molecule has 0 unspecified atom stereocenters. The Morgan fingerprint density at radius 2 is 0.959 bits per heavy atom. The highest BCUT2D eigenvalue weighted by Gasteiger charge is 2.13. The predicted molar refractivity (Wildman–Crippen MR) is 205 cm³/mol. The molecule has 0 fully saturated rings. The van der Waals surface area contributed by atoms with Crippen molar-refractivity contribution in [3.05, 3.63) is 176 Å². The summed E-state index contributed by atoms with van der Waals surface area (Å²) in [7, 11) is 0. The molecule has 0 bridgehead atoms. The van der Waals surface area contributed by atoms with Crippen LogP contribution in [0.25, 0.3) is 87.5 Å². The number of hydrogen-bond donors (Lipinski definition) is 0. The van der Waals surface area contributed by atoms with Gasteiger partial charge in [-0.2, -0.15) is 0 Å². The molecule has 0 saturated heterocycles. The van der Waals surface area contributed by atoms with Gasteiger partial charge in [-0.15, -0.1) is 11.3 Å². The van der Waals surface area contributed by atoms with Crippen molar-refractivity contribution in [1.82, 2.24) is 15.0 Å². The molecule has 0 aliphatic heterocycles. The molecule has 0 N–H and O–H groups in total. The largest absolute Gasteiger partial charge is 0.264 e. The van der Waals surface area contributed by atoms with E-state index in [9.17, 15) is 0 Å². The minimum Gasteiger partial charge on any atom is -0.264 e. The molecule has 9 rings (SSSR count). The molecule has 6 aromatic carbocycles. The van der Waals surface area contributed by atoms with Gasteiger partial charge in [-0.05, 0) is 80.4 Å². The summed E-state index contributed by atoms with van der Waals surface area (Å²) >= 11 is 1.82. The molecule has 0 spiro atoms. The smallest absolute Gasteiger partial charge is 0.160 e. The third-order valence-electron chi connectivity index (χ3n) is 9.00. The second-order valence-electron chi connectivity index (χ2n) is 12.1. The van der Waals surface area contributed by atoms with Crippen molar-refractivity contribution in [2.75, 3.05) is 0 Å². The number of thiophene rings is 1. The summed E-state index contributed by atoms with van der Waals surface area (Å²) in [6.07, 6.45) is 3.68. The first kappa shape index (κ1) is 29.0. The first-order valence-electron chi connectivity index (χ1n) is 16.3. The molecule has 3 heterocycles. The van der Waals surface area contributed by atoms with E-state index in [0.717, 1.165) is 39.2 Å². The number of nitrogens with zero attached hydrogens (tertiary/aromatic N) is 3. The van der Waals surface area contributed by atoms with Crippen molar-refractivity contribution in [2.45, 2.75) is 0 Å². The van der Waals surface area contributed by atoms with Gasteiger partial charge in [0, 0.05) is 38.7 Å². The fourth-order valence-electron chi connectivity index (χ4n) is 6.36. The van der Waals surface area contributed by atoms with E-state index in [-0.39, 0.29) is 0 Å². The standard InChI is InChI=1S/C45H29N3S/c1-2-7-30(8-3-1)35-20-21-37-26-38(23-22-36(37)25-35)42-28-41(32-14-16-33(17-15-32)44-27-39-9-4-5-11-43(39)49-44)47-45(48-42)34-18-12-31(13-19-34)40-10-6-24-46-29-40/h1-29H. The monoisotopic (exact) mass is 643 g/mol. The fraction of sp³-hybridized carbons (Fsp3) is 0. The topological polar surface area (TPSA) is 38.7 Å². The molecule has 3 aromatic heterocycles. The van der Waals surface area contributed by atoms with Crippen LogP contribution in [0, 0.1) is 0 Å². The maximum absolute atomic E-state index is 5.14. The molecule has 3 nitrogen and oxygen atoms in total. The van der Waals surface area contributed by atoms with Crippen molar-refractivity contribution in [3.8, 4) is 66.6 Å². The highest BCUT2D eigenvalue weighted by molar-refractivity contribution is 7.22. The minimum absolute atomic E-state index is 0.693. The Bertz CT molecular complexity index is 2540. The first-order valence-corrected chi connectivity index (χ1v) is 17.1. The lowest BCUT2D eigenvalue weighted by Crippen LogP contribution is -1.96. The summed E-state index contributed by atoms with van der Waals surface area (Å²) in [5, 5.41) is 3.65. The average Bonchev–Trinajstić information content (AvgIpc) is 3.63. The average molecular weight is 644 g/mol. The van der Waals surface area contributed by atoms with E-state index in [1.54, 1.807) is 6.20 Å². The normalized spacial score (nSPS) is 11.3. The Morgan fingerprint density at radius 1 is 0.367 bits per heavy atom. The zero-order valence-electron chi connectivity index (χ0n) is 26.5. The van der Waals surface area contributed by atoms with E-state index in [2.05, 4.69) is 163 Å². The molecule has 0 aliphatic carbocycles. The van der Waals surface area contributed by atoms with Crippen molar-refractivity contribution in [1.29, 1.82) is 0 Å². The maximum atomic E-state index is 5.14. The molecule has 230 valence electrons. The van der Waals surface area contributed by atoms with Crippen LogP contribution in [0.1, 0.15) is 0 Å². The van der Waals surface area contributed by atoms with Crippen LogP contribution in [0.4, 0.5) is 0 Å². The van der Waals surface area contributed by atoms with Crippen LogP contribution in [-0.4, -0.2) is 15.0 Å². The Morgan fingerprint density at radius 3 is 1.71 bits per heavy atom. The number of hydrogen-bond acceptors (Lipinski definition) is 4. The molecule has 4 heteroatoms. The van der Waals surface area contributed by atoms with Crippen molar-refractivity contribution in [3.63, 3.8) is 0 Å². The summed E-state index contributed by atoms with van der Waals surface area (Å²) in [6, 6.07) is 57.9. The molecule has 0 aliphatic rings. The van der Waals surface area contributed by atoms with Gasteiger partial charge in [0.1, 0.15) is 0 Å². The van der Waals surface area contributed by atoms with Crippen molar-refractivity contribution >= 4 is 32.2 Å². The third kappa shape index (κ3) is 5.80. The van der Waals surface area contributed by atoms with E-state index >= 15 is 0 Å². The lowest BCUT2D eigenvalue weighted by atomic mass is 9.98. The molecule has 49 heavy (non-hydrogen) atoms. The number of pyridine rings is 1. The van der Waals surface area contributed by atoms with Crippen LogP contribution in [0.15, 0.2) is 176 Å². The van der Waals surface area contributed by atoms with Crippen molar-refractivity contribution < 1.29 is 0 Å². The van der Waals surface area contributed by atoms with Gasteiger partial charge in [0.2, 0.25) is 0 Å². The van der Waals surface area contributed by atoms with Gasteiger partial charge < -0.3 is 0 Å². The second kappa shape index (κ2) is 12.4. The van der Waals surface area contributed by atoms with Gasteiger partial charge in [0.15, 0.2) is 5.82 Å². The molecule has 0 saturated carbocycles. The summed E-state index contributed by atoms with van der Waals surface area (Å²) < 4.78 is 1.30. The van der Waals surface area contributed by atoms with Crippen LogP contribution in [0.5, 0.6) is 0 Å². The summed E-state index contributed by atoms with van der Waals surface area (Å²) in [4.78, 5) is 15.8. The first-order chi connectivity index (χ1) is 24.2. The third-order valence-corrected chi connectivity index (χ3v) is 10.2. The fourth-order valence-corrected chi connectivity index (χ4v) is 7.43. The molecule has 0 atom stereocenters. The van der Waals surface area contributed by atoms with Crippen LogP contribution in [-0.2, 0) is 0 Å². The Hall–Kier alpha value is -6.23. The second-order valence-corrected chi connectivity index (χ2v) is 13.2. The Kier molecular flexibility index (Phi) is 7.34. The zero-order valence-corrected chi connectivity index (χ0v) is 27.3. The molecular weight excluding hydrogens is 615 g/mol. The zero-order chi connectivity index (χ0) is 32.6. The van der Waals surface area contributed by atoms with Crippen molar-refractivity contribution in [2.24, 2.45) is 0 Å². The number of rotatable bonds is 6. The molecule has 0 amide bonds.